The zero-order chi connectivity index (χ0) is 28.3. The molecule has 5 heterocycles. The Balaban J connectivity index is 1.46. The number of rotatable bonds is 8. The lowest BCUT2D eigenvalue weighted by Crippen LogP contribution is -2.44. The van der Waals surface area contributed by atoms with E-state index < -0.39 is 17.7 Å². The fraction of sp³-hybridized carbons (Fsp3) is 0.333. The highest BCUT2D eigenvalue weighted by Crippen LogP contribution is 2.28. The van der Waals surface area contributed by atoms with E-state index >= 15 is 0 Å². The van der Waals surface area contributed by atoms with Crippen molar-refractivity contribution in [3.8, 4) is 17.5 Å². The highest BCUT2D eigenvalue weighted by molar-refractivity contribution is 6.00. The molecule has 1 aliphatic heterocycles. The fourth-order valence-corrected chi connectivity index (χ4v) is 4.23. The molecule has 0 saturated carbocycles. The van der Waals surface area contributed by atoms with Gasteiger partial charge in [-0.2, -0.15) is 10.4 Å². The van der Waals surface area contributed by atoms with Crippen molar-refractivity contribution in [2.75, 3.05) is 42.9 Å². The van der Waals surface area contributed by atoms with E-state index in [-0.39, 0.29) is 12.1 Å². The van der Waals surface area contributed by atoms with Gasteiger partial charge >= 0.3 is 0 Å². The molecule has 0 bridgehead atoms. The third-order valence-corrected chi connectivity index (χ3v) is 6.57. The van der Waals surface area contributed by atoms with Crippen molar-refractivity contribution in [3.63, 3.8) is 0 Å². The minimum Gasteiger partial charge on any atom is -0.387 e. The summed E-state index contributed by atoms with van der Waals surface area (Å²) in [5.41, 5.74) is 1.79. The molecule has 1 fully saturated rings. The Labute approximate surface area is 229 Å². The van der Waals surface area contributed by atoms with Crippen molar-refractivity contribution in [1.82, 2.24) is 35.2 Å². The minimum atomic E-state index is -1.66. The van der Waals surface area contributed by atoms with Crippen LogP contribution < -0.4 is 20.9 Å². The second kappa shape index (κ2) is 11.2. The number of carbonyl (C=O) groups is 1. The van der Waals surface area contributed by atoms with E-state index in [0.717, 1.165) is 26.2 Å². The Hall–Kier alpha value is -4.67. The molecular formula is C27H29FN10O2. The second-order valence-corrected chi connectivity index (χ2v) is 9.99. The summed E-state index contributed by atoms with van der Waals surface area (Å²) in [6.07, 6.45) is 4.46. The Kier molecular flexibility index (Phi) is 7.54. The number of aromatic nitrogens is 5. The molecule has 0 unspecified atom stereocenters. The van der Waals surface area contributed by atoms with Crippen molar-refractivity contribution in [2.45, 2.75) is 25.6 Å². The molecule has 1 atom stereocenters. The van der Waals surface area contributed by atoms with Crippen molar-refractivity contribution < 1.29 is 14.3 Å². The van der Waals surface area contributed by atoms with Crippen molar-refractivity contribution in [1.29, 1.82) is 5.26 Å². The molecular weight excluding hydrogens is 515 g/mol. The van der Waals surface area contributed by atoms with Crippen LogP contribution in [0, 0.1) is 11.3 Å². The second-order valence-electron chi connectivity index (χ2n) is 9.99. The first kappa shape index (κ1) is 26.9. The zero-order valence-electron chi connectivity index (χ0n) is 22.1. The topological polar surface area (TPSA) is 156 Å². The average Bonchev–Trinajstić information content (AvgIpc) is 3.39. The van der Waals surface area contributed by atoms with E-state index in [1.807, 2.05) is 12.1 Å². The maximum Gasteiger partial charge on any atom is 0.255 e. The molecule has 40 heavy (non-hydrogen) atoms. The third-order valence-electron chi connectivity index (χ3n) is 6.57. The van der Waals surface area contributed by atoms with Crippen LogP contribution in [-0.4, -0.2) is 80.1 Å². The lowest BCUT2D eigenvalue weighted by atomic mass is 10.0. The number of hydrogen-bond acceptors (Lipinski definition) is 10. The van der Waals surface area contributed by atoms with Gasteiger partial charge in [0.1, 0.15) is 12.2 Å². The van der Waals surface area contributed by atoms with E-state index in [0.29, 0.717) is 39.8 Å². The summed E-state index contributed by atoms with van der Waals surface area (Å²) in [5.74, 6) is 0.0483. The Morgan fingerprint density at radius 1 is 1.18 bits per heavy atom. The summed E-state index contributed by atoms with van der Waals surface area (Å²) in [6, 6.07) is 9.11. The van der Waals surface area contributed by atoms with Crippen LogP contribution >= 0.6 is 0 Å². The van der Waals surface area contributed by atoms with E-state index in [4.69, 9.17) is 0 Å². The summed E-state index contributed by atoms with van der Waals surface area (Å²) in [5, 5.41) is 32.5. The number of halogens is 1. The SMILES string of the molecule is CC(C)(O)[C@H](F)CNC(=O)c1cnc(-c2ccc3cc(C#N)cnn23)cc1Nc1cnc(N2CCNCC2)nc1. The smallest absolute Gasteiger partial charge is 0.255 e. The van der Waals surface area contributed by atoms with E-state index in [2.05, 4.69) is 47.0 Å². The summed E-state index contributed by atoms with van der Waals surface area (Å²) in [7, 11) is 0. The summed E-state index contributed by atoms with van der Waals surface area (Å²) < 4.78 is 16.0. The number of nitrogens with zero attached hydrogens (tertiary/aromatic N) is 7. The molecule has 4 N–H and O–H groups in total. The first-order chi connectivity index (χ1) is 19.2. The predicted molar refractivity (Wildman–Crippen MR) is 147 cm³/mol. The Bertz CT molecular complexity index is 1550. The van der Waals surface area contributed by atoms with Gasteiger partial charge < -0.3 is 26.0 Å². The summed E-state index contributed by atoms with van der Waals surface area (Å²) in [4.78, 5) is 28.6. The normalized spacial score (nSPS) is 14.5. The minimum absolute atomic E-state index is 0.165. The molecule has 4 aromatic heterocycles. The van der Waals surface area contributed by atoms with Gasteiger partial charge in [-0.1, -0.05) is 0 Å². The molecule has 1 saturated heterocycles. The lowest BCUT2D eigenvalue weighted by molar-refractivity contribution is -0.00177. The number of fused-ring (bicyclic) bond motifs is 1. The Morgan fingerprint density at radius 2 is 1.93 bits per heavy atom. The van der Waals surface area contributed by atoms with Crippen molar-refractivity contribution in [3.05, 3.63) is 60.2 Å². The third kappa shape index (κ3) is 5.83. The molecule has 0 aromatic carbocycles. The number of pyridine rings is 1. The fourth-order valence-electron chi connectivity index (χ4n) is 4.23. The number of hydrogen-bond donors (Lipinski definition) is 4. The number of alkyl halides is 1. The van der Waals surface area contributed by atoms with Crippen molar-refractivity contribution >= 4 is 28.7 Å². The Morgan fingerprint density at radius 3 is 2.62 bits per heavy atom. The van der Waals surface area contributed by atoms with Crippen molar-refractivity contribution in [2.24, 2.45) is 0 Å². The number of carbonyl (C=O) groups excluding carboxylic acids is 1. The van der Waals surface area contributed by atoms with Crippen LogP contribution in [0.25, 0.3) is 16.9 Å². The molecule has 206 valence electrons. The van der Waals surface area contributed by atoms with Crippen LogP contribution in [0.2, 0.25) is 0 Å². The van der Waals surface area contributed by atoms with E-state index in [9.17, 15) is 19.6 Å². The van der Waals surface area contributed by atoms with Crippen LogP contribution in [0.5, 0.6) is 0 Å². The van der Waals surface area contributed by atoms with Gasteiger partial charge in [-0.15, -0.1) is 0 Å². The molecule has 1 aliphatic rings. The van der Waals surface area contributed by atoms with Gasteiger partial charge in [0.2, 0.25) is 5.95 Å². The van der Waals surface area contributed by atoms with Crippen LogP contribution in [0.3, 0.4) is 0 Å². The summed E-state index contributed by atoms with van der Waals surface area (Å²) >= 11 is 0. The number of nitriles is 1. The first-order valence-corrected chi connectivity index (χ1v) is 12.8. The molecule has 1 amide bonds. The molecule has 0 radical (unpaired) electrons. The van der Waals surface area contributed by atoms with E-state index in [1.165, 1.54) is 26.2 Å². The number of nitrogens with one attached hydrogen (secondary N) is 3. The van der Waals surface area contributed by atoms with Gasteiger partial charge in [0, 0.05) is 32.4 Å². The molecule has 5 rings (SSSR count). The highest BCUT2D eigenvalue weighted by Gasteiger charge is 2.27. The number of aliphatic hydroxyl groups is 1. The van der Waals surface area contributed by atoms with Gasteiger partial charge in [-0.05, 0) is 38.1 Å². The van der Waals surface area contributed by atoms with Gasteiger partial charge in [0.15, 0.2) is 0 Å². The van der Waals surface area contributed by atoms with E-state index in [1.54, 1.807) is 29.0 Å². The quantitative estimate of drug-likeness (QED) is 0.259. The maximum atomic E-state index is 14.3. The number of amides is 1. The number of piperazine rings is 1. The number of anilines is 3. The van der Waals surface area contributed by atoms with Gasteiger partial charge in [-0.25, -0.2) is 18.9 Å². The van der Waals surface area contributed by atoms with Crippen LogP contribution in [0.1, 0.15) is 29.8 Å². The average molecular weight is 545 g/mol. The molecule has 13 heteroatoms. The van der Waals surface area contributed by atoms with Gasteiger partial charge in [-0.3, -0.25) is 9.78 Å². The molecule has 0 spiro atoms. The first-order valence-electron chi connectivity index (χ1n) is 12.8. The largest absolute Gasteiger partial charge is 0.387 e. The maximum absolute atomic E-state index is 14.3. The summed E-state index contributed by atoms with van der Waals surface area (Å²) in [6.45, 7) is 5.63. The van der Waals surface area contributed by atoms with Gasteiger partial charge in [0.05, 0.1) is 70.1 Å². The molecule has 12 nitrogen and oxygen atoms in total. The zero-order valence-corrected chi connectivity index (χ0v) is 22.1. The van der Waals surface area contributed by atoms with Crippen LogP contribution in [0.4, 0.5) is 21.7 Å². The standard InChI is InChI=1S/C27H29FN10O2/c1-27(2,40)24(28)16-32-25(39)20-15-31-22(23-4-3-19-9-17(11-29)12-35-38(19)23)10-21(20)36-18-13-33-26(34-14-18)37-7-5-30-6-8-37/h3-4,9-10,12-15,24,30,40H,5-8,16H2,1-2H3,(H,31,36)(H,32,39)/t24-/m1/s1. The molecule has 4 aromatic rings. The monoisotopic (exact) mass is 544 g/mol. The lowest BCUT2D eigenvalue weighted by Gasteiger charge is -2.27. The highest BCUT2D eigenvalue weighted by atomic mass is 19.1. The predicted octanol–water partition coefficient (Wildman–Crippen LogP) is 2.05. The molecule has 0 aliphatic carbocycles. The van der Waals surface area contributed by atoms with Gasteiger partial charge in [0.25, 0.3) is 5.91 Å². The van der Waals surface area contributed by atoms with Crippen LogP contribution in [-0.2, 0) is 0 Å². The van der Waals surface area contributed by atoms with Crippen LogP contribution in [0.15, 0.2) is 49.1 Å².